The van der Waals surface area contributed by atoms with E-state index in [1.165, 1.54) is 0 Å². The molecule has 0 aromatic heterocycles. The Hall–Kier alpha value is -1.43. The molecule has 25 heavy (non-hydrogen) atoms. The number of amides is 2. The summed E-state index contributed by atoms with van der Waals surface area (Å²) in [5.74, 6) is -0.282. The van der Waals surface area contributed by atoms with Gasteiger partial charge in [-0.3, -0.25) is 14.4 Å². The fourth-order valence-corrected chi connectivity index (χ4v) is 3.09. The van der Waals surface area contributed by atoms with Crippen molar-refractivity contribution in [1.29, 1.82) is 0 Å². The quantitative estimate of drug-likeness (QED) is 0.628. The van der Waals surface area contributed by atoms with E-state index in [9.17, 15) is 14.4 Å². The summed E-state index contributed by atoms with van der Waals surface area (Å²) in [5, 5.41) is 6.03. The second kappa shape index (κ2) is 10.5. The first-order valence-corrected chi connectivity index (χ1v) is 9.64. The molecule has 1 heterocycles. The highest BCUT2D eigenvalue weighted by atomic mass is 16.2. The molecule has 2 N–H and O–H groups in total. The molecule has 0 aromatic rings. The topological polar surface area (TPSA) is 78.5 Å². The molecule has 1 aliphatic heterocycles. The number of hydrogen-bond acceptors (Lipinski definition) is 4. The minimum absolute atomic E-state index is 0.0494. The van der Waals surface area contributed by atoms with E-state index < -0.39 is 12.1 Å². The Morgan fingerprint density at radius 3 is 2.40 bits per heavy atom. The lowest BCUT2D eigenvalue weighted by molar-refractivity contribution is -0.139. The van der Waals surface area contributed by atoms with E-state index >= 15 is 0 Å². The third-order valence-corrected chi connectivity index (χ3v) is 4.61. The molecule has 6 nitrogen and oxygen atoms in total. The highest BCUT2D eigenvalue weighted by Gasteiger charge is 2.35. The van der Waals surface area contributed by atoms with Crippen molar-refractivity contribution in [1.82, 2.24) is 15.5 Å². The van der Waals surface area contributed by atoms with Gasteiger partial charge in [-0.15, -0.1) is 0 Å². The highest BCUT2D eigenvalue weighted by Crippen LogP contribution is 2.18. The molecule has 2 amide bonds. The van der Waals surface area contributed by atoms with Gasteiger partial charge in [0.1, 0.15) is 6.04 Å². The molecule has 0 aromatic carbocycles. The number of ketones is 1. The summed E-state index contributed by atoms with van der Waals surface area (Å²) >= 11 is 0. The van der Waals surface area contributed by atoms with Crippen molar-refractivity contribution in [3.8, 4) is 0 Å². The van der Waals surface area contributed by atoms with Gasteiger partial charge >= 0.3 is 0 Å². The Balaban J connectivity index is 2.71. The van der Waals surface area contributed by atoms with E-state index in [1.54, 1.807) is 4.90 Å². The van der Waals surface area contributed by atoms with Gasteiger partial charge in [0.25, 0.3) is 0 Å². The molecule has 1 rings (SSSR count). The molecular formula is C19H35N3O3. The summed E-state index contributed by atoms with van der Waals surface area (Å²) in [6.07, 6.45) is 4.02. The number of unbranched alkanes of at least 4 members (excludes halogenated alkanes) is 1. The molecule has 0 aliphatic carbocycles. The fourth-order valence-electron chi connectivity index (χ4n) is 3.09. The lowest BCUT2D eigenvalue weighted by Crippen LogP contribution is -2.52. The van der Waals surface area contributed by atoms with Crippen molar-refractivity contribution >= 4 is 17.6 Å². The predicted octanol–water partition coefficient (Wildman–Crippen LogP) is 1.88. The Bertz CT molecular complexity index is 463. The standard InChI is InChI=1S/C19H35N3O3/c1-6-7-9-15(18(24)13(2)3)21-19(25)16-10-8-11-22(16)17(23)12-20-14(4)5/h13-16,20H,6-12H2,1-5H3,(H,21,25)/t15-,16-/m0/s1. The minimum atomic E-state index is -0.453. The predicted molar refractivity (Wildman–Crippen MR) is 99.2 cm³/mol. The molecule has 0 saturated carbocycles. The summed E-state index contributed by atoms with van der Waals surface area (Å²) in [7, 11) is 0. The van der Waals surface area contributed by atoms with Crippen molar-refractivity contribution in [2.24, 2.45) is 5.92 Å². The van der Waals surface area contributed by atoms with Crippen LogP contribution in [-0.4, -0.2) is 53.7 Å². The SMILES string of the molecule is CCCC[C@H](NC(=O)[C@@H]1CCCN1C(=O)CNC(C)C)C(=O)C(C)C. The molecule has 0 spiro atoms. The molecule has 6 heteroatoms. The smallest absolute Gasteiger partial charge is 0.243 e. The van der Waals surface area contributed by atoms with Gasteiger partial charge in [-0.25, -0.2) is 0 Å². The zero-order chi connectivity index (χ0) is 19.0. The summed E-state index contributed by atoms with van der Waals surface area (Å²) in [6.45, 7) is 10.6. The van der Waals surface area contributed by atoms with Gasteiger partial charge < -0.3 is 15.5 Å². The number of nitrogens with zero attached hydrogens (tertiary/aromatic N) is 1. The largest absolute Gasteiger partial charge is 0.344 e. The van der Waals surface area contributed by atoms with Crippen LogP contribution in [0.2, 0.25) is 0 Å². The molecule has 0 radical (unpaired) electrons. The third kappa shape index (κ3) is 6.77. The average Bonchev–Trinajstić information content (AvgIpc) is 3.05. The number of carbonyl (C=O) groups excluding carboxylic acids is 3. The van der Waals surface area contributed by atoms with Crippen LogP contribution in [0, 0.1) is 5.92 Å². The number of likely N-dealkylation sites (tertiary alicyclic amines) is 1. The van der Waals surface area contributed by atoms with Gasteiger partial charge in [-0.2, -0.15) is 0 Å². The summed E-state index contributed by atoms with van der Waals surface area (Å²) in [4.78, 5) is 39.1. The van der Waals surface area contributed by atoms with Crippen molar-refractivity contribution in [3.63, 3.8) is 0 Å². The van der Waals surface area contributed by atoms with Gasteiger partial charge in [-0.1, -0.05) is 47.5 Å². The molecule has 0 bridgehead atoms. The molecule has 1 saturated heterocycles. The summed E-state index contributed by atoms with van der Waals surface area (Å²) in [5.41, 5.74) is 0. The Kier molecular flexibility index (Phi) is 9.11. The maximum Gasteiger partial charge on any atom is 0.243 e. The monoisotopic (exact) mass is 353 g/mol. The molecule has 144 valence electrons. The van der Waals surface area contributed by atoms with Crippen LogP contribution in [0.25, 0.3) is 0 Å². The minimum Gasteiger partial charge on any atom is -0.344 e. The van der Waals surface area contributed by atoms with E-state index in [0.29, 0.717) is 19.4 Å². The first-order valence-electron chi connectivity index (χ1n) is 9.64. The number of rotatable bonds is 10. The van der Waals surface area contributed by atoms with E-state index in [1.807, 2.05) is 27.7 Å². The van der Waals surface area contributed by atoms with Crippen LogP contribution in [-0.2, 0) is 14.4 Å². The second-order valence-electron chi connectivity index (χ2n) is 7.54. The molecule has 2 atom stereocenters. The number of carbonyl (C=O) groups is 3. The van der Waals surface area contributed by atoms with Gasteiger partial charge in [0.05, 0.1) is 12.6 Å². The third-order valence-electron chi connectivity index (χ3n) is 4.61. The Labute approximate surface area is 152 Å². The van der Waals surface area contributed by atoms with E-state index in [4.69, 9.17) is 0 Å². The van der Waals surface area contributed by atoms with Crippen LogP contribution in [0.15, 0.2) is 0 Å². The second-order valence-corrected chi connectivity index (χ2v) is 7.54. The van der Waals surface area contributed by atoms with E-state index in [-0.39, 0.29) is 36.1 Å². The molecule has 1 fully saturated rings. The fraction of sp³-hybridized carbons (Fsp3) is 0.842. The van der Waals surface area contributed by atoms with E-state index in [0.717, 1.165) is 19.3 Å². The highest BCUT2D eigenvalue weighted by molar-refractivity contribution is 5.94. The first kappa shape index (κ1) is 21.6. The number of hydrogen-bond donors (Lipinski definition) is 2. The lowest BCUT2D eigenvalue weighted by atomic mass is 9.97. The zero-order valence-electron chi connectivity index (χ0n) is 16.4. The summed E-state index contributed by atoms with van der Waals surface area (Å²) < 4.78 is 0. The van der Waals surface area contributed by atoms with Crippen LogP contribution < -0.4 is 10.6 Å². The van der Waals surface area contributed by atoms with Crippen LogP contribution in [0.5, 0.6) is 0 Å². The number of Topliss-reactive ketones (excluding diaryl/α,β-unsaturated/α-hetero) is 1. The lowest BCUT2D eigenvalue weighted by Gasteiger charge is -2.27. The van der Waals surface area contributed by atoms with Crippen molar-refractivity contribution in [2.45, 2.75) is 84.8 Å². The Morgan fingerprint density at radius 2 is 1.84 bits per heavy atom. The number of nitrogens with one attached hydrogen (secondary N) is 2. The van der Waals surface area contributed by atoms with Crippen molar-refractivity contribution in [2.75, 3.05) is 13.1 Å². The van der Waals surface area contributed by atoms with Crippen molar-refractivity contribution < 1.29 is 14.4 Å². The zero-order valence-corrected chi connectivity index (χ0v) is 16.4. The van der Waals surface area contributed by atoms with Gasteiger partial charge in [0, 0.05) is 18.5 Å². The van der Waals surface area contributed by atoms with Crippen LogP contribution >= 0.6 is 0 Å². The van der Waals surface area contributed by atoms with E-state index in [2.05, 4.69) is 17.6 Å². The van der Waals surface area contributed by atoms with Crippen LogP contribution in [0.3, 0.4) is 0 Å². The van der Waals surface area contributed by atoms with Gasteiger partial charge in [0.2, 0.25) is 11.8 Å². The molecule has 1 aliphatic rings. The molecular weight excluding hydrogens is 318 g/mol. The van der Waals surface area contributed by atoms with Crippen molar-refractivity contribution in [3.05, 3.63) is 0 Å². The maximum atomic E-state index is 12.7. The van der Waals surface area contributed by atoms with Crippen LogP contribution in [0.1, 0.15) is 66.7 Å². The average molecular weight is 354 g/mol. The van der Waals surface area contributed by atoms with Gasteiger partial charge in [0.15, 0.2) is 5.78 Å². The first-order chi connectivity index (χ1) is 11.8. The Morgan fingerprint density at radius 1 is 1.16 bits per heavy atom. The normalized spacial score (nSPS) is 18.7. The summed E-state index contributed by atoms with van der Waals surface area (Å²) in [6, 6.07) is -0.676. The van der Waals surface area contributed by atoms with Crippen LogP contribution in [0.4, 0.5) is 0 Å². The van der Waals surface area contributed by atoms with Gasteiger partial charge in [-0.05, 0) is 19.3 Å². The maximum absolute atomic E-state index is 12.7. The molecule has 0 unspecified atom stereocenters.